The van der Waals surface area contributed by atoms with E-state index in [1.165, 1.54) is 12.4 Å². The first kappa shape index (κ1) is 10.5. The highest BCUT2D eigenvalue weighted by molar-refractivity contribution is 7.93. The van der Waals surface area contributed by atoms with Gasteiger partial charge in [0.2, 0.25) is 10.0 Å². The topological polar surface area (TPSA) is 98.6 Å². The summed E-state index contributed by atoms with van der Waals surface area (Å²) in [5.41, 5.74) is 0.332. The second kappa shape index (κ2) is 4.11. The van der Waals surface area contributed by atoms with Crippen molar-refractivity contribution in [2.45, 2.75) is 18.6 Å². The first-order chi connectivity index (χ1) is 6.60. The Bertz CT molecular complexity index is 417. The Balaban J connectivity index is 2.83. The predicted octanol–water partition coefficient (Wildman–Crippen LogP) is 0.454. The molecule has 0 aliphatic rings. The van der Waals surface area contributed by atoms with Crippen LogP contribution in [0.1, 0.15) is 13.3 Å². The van der Waals surface area contributed by atoms with Gasteiger partial charge in [-0.15, -0.1) is 0 Å². The van der Waals surface area contributed by atoms with E-state index in [1.807, 2.05) is 0 Å². The summed E-state index contributed by atoms with van der Waals surface area (Å²) in [6.45, 7) is 1.64. The molecule has 0 saturated heterocycles. The third kappa shape index (κ3) is 2.23. The van der Waals surface area contributed by atoms with E-state index >= 15 is 0 Å². The number of aromatic nitrogens is 2. The fraction of sp³-hybridized carbons (Fsp3) is 0.429. The molecule has 14 heavy (non-hydrogen) atoms. The van der Waals surface area contributed by atoms with Crippen LogP contribution in [-0.4, -0.2) is 23.9 Å². The minimum absolute atomic E-state index is 0.254. The largest absolute Gasteiger partial charge is 0.284 e. The van der Waals surface area contributed by atoms with E-state index in [2.05, 4.69) is 14.9 Å². The molecule has 0 fully saturated rings. The van der Waals surface area contributed by atoms with Gasteiger partial charge in [0, 0.05) is 6.20 Å². The van der Waals surface area contributed by atoms with Crippen molar-refractivity contribution in [3.8, 4) is 6.07 Å². The minimum Gasteiger partial charge on any atom is -0.284 e. The Hall–Kier alpha value is -1.55. The van der Waals surface area contributed by atoms with Gasteiger partial charge in [0.05, 0.1) is 18.0 Å². The second-order valence-corrected chi connectivity index (χ2v) is 4.52. The highest BCUT2D eigenvalue weighted by Crippen LogP contribution is 2.10. The average Bonchev–Trinajstić information content (AvgIpc) is 2.57. The molecular weight excluding hydrogens is 204 g/mol. The molecule has 2 N–H and O–H groups in total. The molecule has 0 saturated carbocycles. The van der Waals surface area contributed by atoms with Gasteiger partial charge in [0.25, 0.3) is 0 Å². The van der Waals surface area contributed by atoms with E-state index in [0.717, 1.165) is 0 Å². The van der Waals surface area contributed by atoms with Crippen molar-refractivity contribution in [3.05, 3.63) is 12.4 Å². The number of H-pyrrole nitrogens is 1. The van der Waals surface area contributed by atoms with Gasteiger partial charge in [-0.25, -0.2) is 8.42 Å². The highest BCUT2D eigenvalue weighted by atomic mass is 32.2. The van der Waals surface area contributed by atoms with Gasteiger partial charge >= 0.3 is 0 Å². The number of sulfonamides is 1. The zero-order valence-corrected chi connectivity index (χ0v) is 8.37. The summed E-state index contributed by atoms with van der Waals surface area (Å²) in [6, 6.07) is 1.72. The molecular formula is C7H10N4O2S. The summed E-state index contributed by atoms with van der Waals surface area (Å²) in [6.07, 6.45) is 2.99. The second-order valence-electron chi connectivity index (χ2n) is 2.66. The maximum Gasteiger partial charge on any atom is 0.249 e. The molecule has 0 aromatic carbocycles. The lowest BCUT2D eigenvalue weighted by atomic mass is 10.4. The number of aromatic amines is 1. The zero-order valence-electron chi connectivity index (χ0n) is 7.56. The van der Waals surface area contributed by atoms with Crippen molar-refractivity contribution in [2.75, 3.05) is 4.72 Å². The average molecular weight is 214 g/mol. The van der Waals surface area contributed by atoms with E-state index in [1.54, 1.807) is 13.0 Å². The Morgan fingerprint density at radius 1 is 1.79 bits per heavy atom. The van der Waals surface area contributed by atoms with E-state index < -0.39 is 15.3 Å². The maximum absolute atomic E-state index is 11.5. The number of anilines is 1. The Labute approximate surface area is 82.0 Å². The SMILES string of the molecule is CCC(C#N)S(=O)(=O)Nc1cn[nH]c1. The summed E-state index contributed by atoms with van der Waals surface area (Å²) in [5.74, 6) is 0. The summed E-state index contributed by atoms with van der Waals surface area (Å²) in [7, 11) is -3.62. The number of hydrogen-bond acceptors (Lipinski definition) is 4. The first-order valence-corrected chi connectivity index (χ1v) is 5.54. The highest BCUT2D eigenvalue weighted by Gasteiger charge is 2.23. The molecule has 6 nitrogen and oxygen atoms in total. The molecule has 1 aromatic heterocycles. The summed E-state index contributed by atoms with van der Waals surface area (Å²) >= 11 is 0. The molecule has 0 aliphatic heterocycles. The van der Waals surface area contributed by atoms with Gasteiger partial charge in [-0.1, -0.05) is 6.92 Å². The van der Waals surface area contributed by atoms with Crippen LogP contribution in [0.3, 0.4) is 0 Å². The fourth-order valence-corrected chi connectivity index (χ4v) is 2.08. The van der Waals surface area contributed by atoms with Crippen LogP contribution in [0.15, 0.2) is 12.4 Å². The van der Waals surface area contributed by atoms with Gasteiger partial charge < -0.3 is 0 Å². The molecule has 1 aromatic rings. The monoisotopic (exact) mass is 214 g/mol. The molecule has 0 bridgehead atoms. The van der Waals surface area contributed by atoms with Crippen molar-refractivity contribution in [1.29, 1.82) is 5.26 Å². The standard InChI is InChI=1S/C7H10N4O2S/c1-2-7(3-8)14(12,13)11-6-4-9-10-5-6/h4-5,7,11H,2H2,1H3,(H,9,10). The molecule has 1 heterocycles. The molecule has 1 rings (SSSR count). The third-order valence-electron chi connectivity index (χ3n) is 1.65. The molecule has 0 radical (unpaired) electrons. The Morgan fingerprint density at radius 3 is 2.93 bits per heavy atom. The van der Waals surface area contributed by atoms with E-state index in [0.29, 0.717) is 5.69 Å². The smallest absolute Gasteiger partial charge is 0.249 e. The van der Waals surface area contributed by atoms with Crippen LogP contribution in [0.2, 0.25) is 0 Å². The van der Waals surface area contributed by atoms with Crippen LogP contribution in [0.5, 0.6) is 0 Å². The van der Waals surface area contributed by atoms with E-state index in [9.17, 15) is 8.42 Å². The summed E-state index contributed by atoms with van der Waals surface area (Å²) < 4.78 is 25.2. The van der Waals surface area contributed by atoms with Gasteiger partial charge in [0.1, 0.15) is 0 Å². The van der Waals surface area contributed by atoms with Crippen LogP contribution in [0.4, 0.5) is 5.69 Å². The molecule has 1 atom stereocenters. The first-order valence-electron chi connectivity index (χ1n) is 4.00. The normalized spacial score (nSPS) is 13.1. The van der Waals surface area contributed by atoms with Crippen molar-refractivity contribution in [1.82, 2.24) is 10.2 Å². The van der Waals surface area contributed by atoms with Crippen LogP contribution in [-0.2, 0) is 10.0 Å². The number of hydrogen-bond donors (Lipinski definition) is 2. The molecule has 7 heteroatoms. The van der Waals surface area contributed by atoms with Crippen LogP contribution < -0.4 is 4.72 Å². The van der Waals surface area contributed by atoms with E-state index in [4.69, 9.17) is 5.26 Å². The van der Waals surface area contributed by atoms with Crippen molar-refractivity contribution in [2.24, 2.45) is 0 Å². The minimum atomic E-state index is -3.62. The van der Waals surface area contributed by atoms with Crippen molar-refractivity contribution < 1.29 is 8.42 Å². The lowest BCUT2D eigenvalue weighted by Crippen LogP contribution is -2.25. The van der Waals surface area contributed by atoms with E-state index in [-0.39, 0.29) is 6.42 Å². The molecule has 1 unspecified atom stereocenters. The van der Waals surface area contributed by atoms with Gasteiger partial charge in [0.15, 0.2) is 5.25 Å². The summed E-state index contributed by atoms with van der Waals surface area (Å²) in [5, 5.41) is 13.6. The molecule has 0 amide bonds. The van der Waals surface area contributed by atoms with Gasteiger partial charge in [-0.3, -0.25) is 9.82 Å². The number of rotatable bonds is 4. The molecule has 0 aliphatic carbocycles. The van der Waals surface area contributed by atoms with Crippen LogP contribution in [0.25, 0.3) is 0 Å². The predicted molar refractivity (Wildman–Crippen MR) is 50.8 cm³/mol. The number of nitrogens with one attached hydrogen (secondary N) is 2. The molecule has 76 valence electrons. The Kier molecular flexibility index (Phi) is 3.09. The number of nitriles is 1. The van der Waals surface area contributed by atoms with Crippen LogP contribution >= 0.6 is 0 Å². The zero-order chi connectivity index (χ0) is 10.6. The van der Waals surface area contributed by atoms with Crippen molar-refractivity contribution in [3.63, 3.8) is 0 Å². The maximum atomic E-state index is 11.5. The van der Waals surface area contributed by atoms with Gasteiger partial charge in [-0.2, -0.15) is 10.4 Å². The number of nitrogens with zero attached hydrogens (tertiary/aromatic N) is 2. The third-order valence-corrected chi connectivity index (χ3v) is 3.36. The van der Waals surface area contributed by atoms with Gasteiger partial charge in [-0.05, 0) is 6.42 Å². The quantitative estimate of drug-likeness (QED) is 0.760. The lowest BCUT2D eigenvalue weighted by molar-refractivity contribution is 0.593. The summed E-state index contributed by atoms with van der Waals surface area (Å²) in [4.78, 5) is 0. The van der Waals surface area contributed by atoms with Crippen LogP contribution in [0, 0.1) is 11.3 Å². The fourth-order valence-electron chi connectivity index (χ4n) is 0.922. The molecule has 0 spiro atoms. The van der Waals surface area contributed by atoms with Crippen molar-refractivity contribution >= 4 is 15.7 Å². The Morgan fingerprint density at radius 2 is 2.50 bits per heavy atom. The lowest BCUT2D eigenvalue weighted by Gasteiger charge is -2.08.